The highest BCUT2D eigenvalue weighted by Gasteiger charge is 2.13. The molecule has 2 unspecified atom stereocenters. The number of rotatable bonds is 6. The minimum absolute atomic E-state index is 0.142. The van der Waals surface area contributed by atoms with Crippen molar-refractivity contribution in [3.8, 4) is 0 Å². The van der Waals surface area contributed by atoms with Crippen LogP contribution in [0.25, 0.3) is 0 Å². The lowest BCUT2D eigenvalue weighted by Crippen LogP contribution is -2.34. The van der Waals surface area contributed by atoms with Crippen molar-refractivity contribution in [2.75, 3.05) is 5.43 Å². The molecule has 0 aliphatic carbocycles. The van der Waals surface area contributed by atoms with E-state index in [0.29, 0.717) is 17.3 Å². The van der Waals surface area contributed by atoms with E-state index >= 15 is 0 Å². The SMILES string of the molecule is CCC(C)CC(C)NC(=O)c1cc(NN)ccn1. The normalized spacial score (nSPS) is 13.8. The molecule has 0 aliphatic rings. The minimum Gasteiger partial charge on any atom is -0.348 e. The van der Waals surface area contributed by atoms with E-state index < -0.39 is 0 Å². The number of aromatic nitrogens is 1. The van der Waals surface area contributed by atoms with Crippen molar-refractivity contribution in [2.24, 2.45) is 11.8 Å². The van der Waals surface area contributed by atoms with Gasteiger partial charge in [-0.3, -0.25) is 15.6 Å². The third-order valence-electron chi connectivity index (χ3n) is 2.99. The van der Waals surface area contributed by atoms with Crippen molar-refractivity contribution in [3.63, 3.8) is 0 Å². The second kappa shape index (κ2) is 6.96. The van der Waals surface area contributed by atoms with Crippen LogP contribution in [0.2, 0.25) is 0 Å². The number of nitrogen functional groups attached to an aromatic ring is 1. The van der Waals surface area contributed by atoms with Gasteiger partial charge in [0.05, 0.1) is 5.69 Å². The summed E-state index contributed by atoms with van der Waals surface area (Å²) in [5, 5.41) is 2.94. The lowest BCUT2D eigenvalue weighted by Gasteiger charge is -2.17. The smallest absolute Gasteiger partial charge is 0.270 e. The maximum atomic E-state index is 12.0. The Morgan fingerprint density at radius 1 is 1.50 bits per heavy atom. The van der Waals surface area contributed by atoms with Crippen LogP contribution in [-0.2, 0) is 0 Å². The fraction of sp³-hybridized carbons (Fsp3) is 0.538. The second-order valence-corrected chi connectivity index (χ2v) is 4.70. The minimum atomic E-state index is -0.164. The van der Waals surface area contributed by atoms with Crippen LogP contribution in [0.15, 0.2) is 18.3 Å². The number of anilines is 1. The van der Waals surface area contributed by atoms with Crippen molar-refractivity contribution in [1.29, 1.82) is 0 Å². The molecule has 0 radical (unpaired) electrons. The van der Waals surface area contributed by atoms with Crippen molar-refractivity contribution in [3.05, 3.63) is 24.0 Å². The first-order valence-corrected chi connectivity index (χ1v) is 6.30. The Balaban J connectivity index is 2.58. The van der Waals surface area contributed by atoms with Gasteiger partial charge in [0.2, 0.25) is 0 Å². The topological polar surface area (TPSA) is 80.0 Å². The third kappa shape index (κ3) is 4.33. The van der Waals surface area contributed by atoms with Gasteiger partial charge in [0.25, 0.3) is 5.91 Å². The first-order chi connectivity index (χ1) is 8.56. The molecule has 5 heteroatoms. The van der Waals surface area contributed by atoms with E-state index in [1.807, 2.05) is 6.92 Å². The van der Waals surface area contributed by atoms with Crippen LogP contribution < -0.4 is 16.6 Å². The Morgan fingerprint density at radius 3 is 2.83 bits per heavy atom. The maximum Gasteiger partial charge on any atom is 0.270 e. The fourth-order valence-electron chi connectivity index (χ4n) is 1.77. The molecule has 0 saturated carbocycles. The predicted molar refractivity (Wildman–Crippen MR) is 73.0 cm³/mol. The van der Waals surface area contributed by atoms with E-state index in [1.165, 1.54) is 0 Å². The molecular weight excluding hydrogens is 228 g/mol. The van der Waals surface area contributed by atoms with Gasteiger partial charge < -0.3 is 10.7 Å². The summed E-state index contributed by atoms with van der Waals surface area (Å²) in [7, 11) is 0. The van der Waals surface area contributed by atoms with Crippen LogP contribution in [0, 0.1) is 5.92 Å². The van der Waals surface area contributed by atoms with Gasteiger partial charge in [0.15, 0.2) is 0 Å². The lowest BCUT2D eigenvalue weighted by atomic mass is 10.0. The molecule has 18 heavy (non-hydrogen) atoms. The fourth-order valence-corrected chi connectivity index (χ4v) is 1.77. The molecule has 5 nitrogen and oxygen atoms in total. The number of nitrogens with one attached hydrogen (secondary N) is 2. The molecule has 0 spiro atoms. The van der Waals surface area contributed by atoms with Gasteiger partial charge >= 0.3 is 0 Å². The van der Waals surface area contributed by atoms with E-state index in [-0.39, 0.29) is 11.9 Å². The molecule has 0 bridgehead atoms. The number of amides is 1. The average Bonchev–Trinajstić information content (AvgIpc) is 2.38. The number of carbonyl (C=O) groups excluding carboxylic acids is 1. The van der Waals surface area contributed by atoms with Gasteiger partial charge in [-0.05, 0) is 31.4 Å². The van der Waals surface area contributed by atoms with Crippen LogP contribution in [0.3, 0.4) is 0 Å². The highest BCUT2D eigenvalue weighted by atomic mass is 16.1. The standard InChI is InChI=1S/C13H22N4O/c1-4-9(2)7-10(3)16-13(18)12-8-11(17-14)5-6-15-12/h5-6,8-10H,4,7,14H2,1-3H3,(H,15,17)(H,16,18). The summed E-state index contributed by atoms with van der Waals surface area (Å²) in [6.07, 6.45) is 3.64. The largest absolute Gasteiger partial charge is 0.348 e. The van der Waals surface area contributed by atoms with E-state index in [9.17, 15) is 4.79 Å². The number of hydrazine groups is 1. The molecule has 4 N–H and O–H groups in total. The molecule has 1 aromatic heterocycles. The summed E-state index contributed by atoms with van der Waals surface area (Å²) in [6.45, 7) is 6.34. The number of pyridine rings is 1. The molecule has 1 heterocycles. The molecule has 1 aromatic rings. The Kier molecular flexibility index (Phi) is 5.58. The van der Waals surface area contributed by atoms with E-state index in [0.717, 1.165) is 12.8 Å². The van der Waals surface area contributed by atoms with Crippen molar-refractivity contribution >= 4 is 11.6 Å². The first kappa shape index (κ1) is 14.4. The Hall–Kier alpha value is -1.62. The maximum absolute atomic E-state index is 12.0. The van der Waals surface area contributed by atoms with Gasteiger partial charge in [-0.1, -0.05) is 20.3 Å². The number of nitrogens with zero attached hydrogens (tertiary/aromatic N) is 1. The number of carbonyl (C=O) groups is 1. The van der Waals surface area contributed by atoms with E-state index in [4.69, 9.17) is 5.84 Å². The molecule has 100 valence electrons. The van der Waals surface area contributed by atoms with Crippen LogP contribution in [0.5, 0.6) is 0 Å². The van der Waals surface area contributed by atoms with Crippen molar-refractivity contribution in [1.82, 2.24) is 10.3 Å². The van der Waals surface area contributed by atoms with Gasteiger partial charge in [-0.25, -0.2) is 0 Å². The van der Waals surface area contributed by atoms with E-state index in [2.05, 4.69) is 29.6 Å². The molecule has 0 saturated heterocycles. The Labute approximate surface area is 108 Å². The zero-order valence-electron chi connectivity index (χ0n) is 11.2. The predicted octanol–water partition coefficient (Wildman–Crippen LogP) is 1.92. The molecule has 1 amide bonds. The molecule has 0 fully saturated rings. The third-order valence-corrected chi connectivity index (χ3v) is 2.99. The van der Waals surface area contributed by atoms with Gasteiger partial charge in [0.1, 0.15) is 5.69 Å². The summed E-state index contributed by atoms with van der Waals surface area (Å²) in [5.41, 5.74) is 3.54. The summed E-state index contributed by atoms with van der Waals surface area (Å²) in [5.74, 6) is 5.73. The van der Waals surface area contributed by atoms with Crippen molar-refractivity contribution in [2.45, 2.75) is 39.7 Å². The lowest BCUT2D eigenvalue weighted by molar-refractivity contribution is 0.0930. The average molecular weight is 250 g/mol. The summed E-state index contributed by atoms with van der Waals surface area (Å²) < 4.78 is 0. The van der Waals surface area contributed by atoms with Crippen LogP contribution in [0.4, 0.5) is 5.69 Å². The van der Waals surface area contributed by atoms with Gasteiger partial charge in [0, 0.05) is 12.2 Å². The molecule has 1 rings (SSSR count). The van der Waals surface area contributed by atoms with Crippen LogP contribution in [-0.4, -0.2) is 16.9 Å². The van der Waals surface area contributed by atoms with Gasteiger partial charge in [-0.15, -0.1) is 0 Å². The zero-order chi connectivity index (χ0) is 13.5. The number of hydrogen-bond donors (Lipinski definition) is 3. The summed E-state index contributed by atoms with van der Waals surface area (Å²) in [6, 6.07) is 3.48. The monoisotopic (exact) mass is 250 g/mol. The quantitative estimate of drug-likeness (QED) is 0.532. The van der Waals surface area contributed by atoms with Crippen molar-refractivity contribution < 1.29 is 4.79 Å². The molecule has 0 aliphatic heterocycles. The second-order valence-electron chi connectivity index (χ2n) is 4.70. The van der Waals surface area contributed by atoms with Gasteiger partial charge in [-0.2, -0.15) is 0 Å². The first-order valence-electron chi connectivity index (χ1n) is 6.30. The highest BCUT2D eigenvalue weighted by Crippen LogP contribution is 2.10. The Morgan fingerprint density at radius 2 is 2.22 bits per heavy atom. The zero-order valence-corrected chi connectivity index (χ0v) is 11.2. The highest BCUT2D eigenvalue weighted by molar-refractivity contribution is 5.93. The van der Waals surface area contributed by atoms with Crippen LogP contribution in [0.1, 0.15) is 44.1 Å². The van der Waals surface area contributed by atoms with Crippen LogP contribution >= 0.6 is 0 Å². The van der Waals surface area contributed by atoms with E-state index in [1.54, 1.807) is 18.3 Å². The summed E-state index contributed by atoms with van der Waals surface area (Å²) in [4.78, 5) is 16.0. The summed E-state index contributed by atoms with van der Waals surface area (Å²) >= 11 is 0. The molecular formula is C13H22N4O. The number of hydrogen-bond acceptors (Lipinski definition) is 4. The number of nitrogens with two attached hydrogens (primary N) is 1. The Bertz CT molecular complexity index is 394. The molecule has 2 atom stereocenters. The molecule has 0 aromatic carbocycles.